The lowest BCUT2D eigenvalue weighted by Crippen LogP contribution is -2.75. The fourth-order valence-corrected chi connectivity index (χ4v) is 8.14. The lowest BCUT2D eigenvalue weighted by Gasteiger charge is -2.46. The Balaban J connectivity index is 0.000000520. The van der Waals surface area contributed by atoms with Crippen LogP contribution in [0.3, 0.4) is 0 Å². The van der Waals surface area contributed by atoms with Gasteiger partial charge in [-0.3, -0.25) is 9.19 Å². The fourth-order valence-electron chi connectivity index (χ4n) is 7.56. The fraction of sp³-hybridized carbons (Fsp3) is 0.227. The standard InChI is InChI=1S/C32H12BF24.C12H13N2OS/c34-25(35,36)13-1-14(26(37,38)39)6-21(5-13)33(22-7-15(27(40,41)42)2-16(8-22)28(43,44)45,23-9-17(29(46,47)48)3-18(10-23)30(49,50)51)24-11-19(31(52,53)54)4-20(12-24)32(55,56)57;1-16(15)12-4-2-3-11(9-12)10-14-7-5-13-6-8-14/h1-12H;2-9H,10H2,1H3/q-1;+1. The van der Waals surface area contributed by atoms with Crippen molar-refractivity contribution in [2.24, 2.45) is 0 Å². The van der Waals surface area contributed by atoms with Gasteiger partial charge in [-0.25, -0.2) is 0 Å². The van der Waals surface area contributed by atoms with Gasteiger partial charge in [0.15, 0.2) is 18.9 Å². The predicted molar refractivity (Wildman–Crippen MR) is 212 cm³/mol. The maximum Gasteiger partial charge on any atom is 0.416 e. The van der Waals surface area contributed by atoms with Crippen LogP contribution in [0.5, 0.6) is 0 Å². The first-order valence-corrected chi connectivity index (χ1v) is 21.1. The molecule has 3 nitrogen and oxygen atoms in total. The van der Waals surface area contributed by atoms with Crippen molar-refractivity contribution in [1.29, 1.82) is 0 Å². The molecule has 0 N–H and O–H groups in total. The topological polar surface area (TPSA) is 33.8 Å². The van der Waals surface area contributed by atoms with Gasteiger partial charge in [0, 0.05) is 27.5 Å². The van der Waals surface area contributed by atoms with Crippen molar-refractivity contribution in [3.05, 3.63) is 172 Å². The van der Waals surface area contributed by atoms with Crippen LogP contribution in [0, 0.1) is 0 Å². The summed E-state index contributed by atoms with van der Waals surface area (Å²) in [6.07, 6.45) is -45.8. The van der Waals surface area contributed by atoms with E-state index in [1.807, 2.05) is 41.2 Å². The molecule has 0 saturated carbocycles. The van der Waals surface area contributed by atoms with Gasteiger partial charge in [-0.2, -0.15) is 132 Å². The van der Waals surface area contributed by atoms with E-state index in [0.717, 1.165) is 17.0 Å². The zero-order chi connectivity index (χ0) is 55.3. The smallest absolute Gasteiger partial charge is 0.255 e. The van der Waals surface area contributed by atoms with Gasteiger partial charge in [0.1, 0.15) is 6.15 Å². The Kier molecular flexibility index (Phi) is 15.7. The molecule has 1 aromatic heterocycles. The molecule has 0 aliphatic carbocycles. The molecule has 1 unspecified atom stereocenters. The highest BCUT2D eigenvalue weighted by Crippen LogP contribution is 2.41. The lowest BCUT2D eigenvalue weighted by atomic mass is 9.12. The molecule has 29 heteroatoms. The molecule has 6 rings (SSSR count). The third kappa shape index (κ3) is 13.7. The van der Waals surface area contributed by atoms with Gasteiger partial charge in [0.25, 0.3) is 0 Å². The number of aromatic nitrogens is 2. The molecule has 394 valence electrons. The number of hydrogen-bond donors (Lipinski definition) is 0. The first-order chi connectivity index (χ1) is 33.0. The van der Waals surface area contributed by atoms with Gasteiger partial charge < -0.3 is 0 Å². The minimum absolute atomic E-state index is 0.691. The Morgan fingerprint density at radius 1 is 0.397 bits per heavy atom. The Morgan fingerprint density at radius 3 is 0.863 bits per heavy atom. The van der Waals surface area contributed by atoms with Crippen LogP contribution >= 0.6 is 0 Å². The number of hydrogen-bond acceptors (Lipinski definition) is 2. The third-order valence-corrected chi connectivity index (χ3v) is 11.6. The average Bonchev–Trinajstić information content (AvgIpc) is 3.24. The van der Waals surface area contributed by atoms with Crippen LogP contribution in [0.2, 0.25) is 0 Å². The number of rotatable bonds is 7. The molecular weight excluding hydrogens is 1070 g/mol. The van der Waals surface area contributed by atoms with Crippen molar-refractivity contribution >= 4 is 38.8 Å². The molecule has 0 spiro atoms. The van der Waals surface area contributed by atoms with Crippen molar-refractivity contribution in [2.45, 2.75) is 60.9 Å². The summed E-state index contributed by atoms with van der Waals surface area (Å²) in [5.41, 5.74) is -29.1. The largest absolute Gasteiger partial charge is 0.416 e. The number of benzene rings is 5. The van der Waals surface area contributed by atoms with Gasteiger partial charge in [-0.05, 0) is 36.4 Å². The van der Waals surface area contributed by atoms with E-state index < -0.39 is 206 Å². The highest BCUT2D eigenvalue weighted by Gasteiger charge is 2.47. The first kappa shape index (κ1) is 57.6. The maximum atomic E-state index is 14.2. The summed E-state index contributed by atoms with van der Waals surface area (Å²) in [5, 5.41) is 0. The monoisotopic (exact) mass is 1100 g/mol. The van der Waals surface area contributed by atoms with Crippen LogP contribution < -0.4 is 26.4 Å². The Bertz CT molecular complexity index is 2530. The molecule has 6 aromatic rings. The molecule has 1 heterocycles. The molecule has 0 radical (unpaired) electrons. The summed E-state index contributed by atoms with van der Waals surface area (Å²) in [5.74, 6) is 0. The second kappa shape index (κ2) is 19.9. The van der Waals surface area contributed by atoms with Gasteiger partial charge in [-0.15, -0.1) is 0 Å². The van der Waals surface area contributed by atoms with E-state index >= 15 is 0 Å². The second-order valence-electron chi connectivity index (χ2n) is 15.7. The summed E-state index contributed by atoms with van der Waals surface area (Å²) in [4.78, 5) is 4.83. The quantitative estimate of drug-likeness (QED) is 0.0907. The van der Waals surface area contributed by atoms with E-state index in [0.29, 0.717) is 0 Å². The van der Waals surface area contributed by atoms with Gasteiger partial charge in [-0.1, -0.05) is 60.7 Å². The number of nitrogens with zero attached hydrogens (tertiary/aromatic N) is 2. The van der Waals surface area contributed by atoms with Crippen LogP contribution in [0.25, 0.3) is 0 Å². The molecule has 0 bridgehead atoms. The minimum Gasteiger partial charge on any atom is -0.255 e. The van der Waals surface area contributed by atoms with E-state index in [1.165, 1.54) is 0 Å². The predicted octanol–water partition coefficient (Wildman–Crippen LogP) is 12.4. The molecule has 0 fully saturated rings. The first-order valence-electron chi connectivity index (χ1n) is 19.6. The summed E-state index contributed by atoms with van der Waals surface area (Å²) in [7, 11) is -0.919. The normalized spacial score (nSPS) is 13.9. The van der Waals surface area contributed by atoms with E-state index in [2.05, 4.69) is 4.98 Å². The highest BCUT2D eigenvalue weighted by atomic mass is 32.2. The Morgan fingerprint density at radius 2 is 0.644 bits per heavy atom. The van der Waals surface area contributed by atoms with Crippen molar-refractivity contribution in [3.8, 4) is 0 Å². The molecule has 0 saturated heterocycles. The molecule has 0 amide bonds. The second-order valence-corrected chi connectivity index (χ2v) is 17.1. The van der Waals surface area contributed by atoms with Crippen molar-refractivity contribution < 1.29 is 114 Å². The van der Waals surface area contributed by atoms with E-state index in [-0.39, 0.29) is 0 Å². The Hall–Kier alpha value is -6.29. The summed E-state index contributed by atoms with van der Waals surface area (Å²) < 4.78 is 354. The zero-order valence-corrected chi connectivity index (χ0v) is 36.4. The van der Waals surface area contributed by atoms with E-state index in [9.17, 15) is 110 Å². The Labute approximate surface area is 396 Å². The summed E-state index contributed by atoms with van der Waals surface area (Å²) >= 11 is 0. The van der Waals surface area contributed by atoms with Crippen molar-refractivity contribution in [2.75, 3.05) is 6.26 Å². The van der Waals surface area contributed by atoms with Crippen molar-refractivity contribution in [1.82, 2.24) is 4.98 Å². The molecule has 5 aromatic carbocycles. The molecular formula is C44H25BF24N2OS. The molecule has 0 aliphatic heterocycles. The average molecular weight is 1100 g/mol. The molecule has 1 atom stereocenters. The summed E-state index contributed by atoms with van der Waals surface area (Å²) in [6, 6.07) is -0.979. The van der Waals surface area contributed by atoms with Crippen LogP contribution in [0.15, 0.2) is 127 Å². The van der Waals surface area contributed by atoms with Gasteiger partial charge in [0.05, 0.1) is 56.9 Å². The van der Waals surface area contributed by atoms with Gasteiger partial charge >= 0.3 is 49.4 Å². The van der Waals surface area contributed by atoms with E-state index in [1.54, 1.807) is 18.6 Å². The molecule has 0 aliphatic rings. The summed E-state index contributed by atoms with van der Waals surface area (Å²) in [6.45, 7) is 0.771. The number of halogens is 24. The van der Waals surface area contributed by atoms with E-state index in [4.69, 9.17) is 0 Å². The van der Waals surface area contributed by atoms with Crippen LogP contribution in [0.4, 0.5) is 105 Å². The zero-order valence-electron chi connectivity index (χ0n) is 35.6. The third-order valence-electron chi connectivity index (χ3n) is 10.7. The molecule has 73 heavy (non-hydrogen) atoms. The highest BCUT2D eigenvalue weighted by molar-refractivity contribution is 7.84. The van der Waals surface area contributed by atoms with Crippen LogP contribution in [-0.2, 0) is 66.8 Å². The SMILES string of the molecule is CS(=O)c1cccc(C[n+]2ccncc2)c1.FC(F)(F)c1cc([B-](c2cc(C(F)(F)F)cc(C(F)(F)F)c2)(c2cc(C(F)(F)F)cc(C(F)(F)F)c2)c2cc(C(F)(F)F)cc(C(F)(F)F)c2)cc(C(F)(F)F)c1. The number of alkyl halides is 24. The van der Waals surface area contributed by atoms with Gasteiger partial charge in [0.2, 0.25) is 0 Å². The van der Waals surface area contributed by atoms with Crippen LogP contribution in [0.1, 0.15) is 50.1 Å². The van der Waals surface area contributed by atoms with Crippen molar-refractivity contribution in [3.63, 3.8) is 0 Å². The maximum absolute atomic E-state index is 14.2. The van der Waals surface area contributed by atoms with Crippen LogP contribution in [-0.4, -0.2) is 21.6 Å². The lowest BCUT2D eigenvalue weighted by molar-refractivity contribution is -0.688. The minimum atomic E-state index is -6.13.